The van der Waals surface area contributed by atoms with E-state index in [-0.39, 0.29) is 29.8 Å². The summed E-state index contributed by atoms with van der Waals surface area (Å²) in [4.78, 5) is 37.9. The van der Waals surface area contributed by atoms with Gasteiger partial charge in [0.2, 0.25) is 5.91 Å². The number of rotatable bonds is 6. The van der Waals surface area contributed by atoms with Gasteiger partial charge in [0.05, 0.1) is 10.8 Å². The third-order valence-corrected chi connectivity index (χ3v) is 5.56. The summed E-state index contributed by atoms with van der Waals surface area (Å²) in [6, 6.07) is 4.22. The van der Waals surface area contributed by atoms with Gasteiger partial charge >= 0.3 is 0 Å². The zero-order valence-electron chi connectivity index (χ0n) is 15.6. The molecule has 3 rings (SSSR count). The first kappa shape index (κ1) is 19.2. The van der Waals surface area contributed by atoms with Gasteiger partial charge in [-0.15, -0.1) is 0 Å². The van der Waals surface area contributed by atoms with Gasteiger partial charge in [0.15, 0.2) is 5.78 Å². The zero-order valence-corrected chi connectivity index (χ0v) is 15.6. The maximum Gasteiger partial charge on any atom is 0.270 e. The number of piperidine rings is 1. The van der Waals surface area contributed by atoms with E-state index in [9.17, 15) is 19.7 Å². The number of nitrogens with zero attached hydrogens (tertiary/aromatic N) is 2. The molecule has 1 aliphatic heterocycles. The topological polar surface area (TPSA) is 104 Å². The molecule has 0 saturated carbocycles. The van der Waals surface area contributed by atoms with E-state index >= 15 is 0 Å². The lowest BCUT2D eigenvalue weighted by atomic mass is 9.92. The highest BCUT2D eigenvalue weighted by molar-refractivity contribution is 6.07. The summed E-state index contributed by atoms with van der Waals surface area (Å²) >= 11 is 0. The maximum absolute atomic E-state index is 13.2. The molecule has 0 spiro atoms. The number of fused-ring (bicyclic) bond motifs is 1. The molecule has 2 aliphatic rings. The van der Waals surface area contributed by atoms with Gasteiger partial charge < -0.3 is 10.3 Å². The maximum atomic E-state index is 13.2. The predicted octanol–water partition coefficient (Wildman–Crippen LogP) is 3.86. The number of Topliss-reactive ketones (excluding diaryl/α,β-unsaturated/α-hetero) is 1. The monoisotopic (exact) mass is 371 g/mol. The number of non-ortho nitro benzene ring substituents is 1. The molecule has 7 heteroatoms. The van der Waals surface area contributed by atoms with Gasteiger partial charge in [-0.3, -0.25) is 19.7 Å². The van der Waals surface area contributed by atoms with Crippen molar-refractivity contribution >= 4 is 23.1 Å². The fourth-order valence-electron chi connectivity index (χ4n) is 4.22. The Balaban J connectivity index is 1.82. The van der Waals surface area contributed by atoms with Crippen molar-refractivity contribution in [2.45, 2.75) is 63.8 Å². The molecule has 1 aromatic rings. The molecule has 144 valence electrons. The van der Waals surface area contributed by atoms with E-state index in [1.807, 2.05) is 11.8 Å². The van der Waals surface area contributed by atoms with Crippen LogP contribution in [0.4, 0.5) is 5.69 Å². The number of carbonyl (C=O) groups excluding carboxylic acids is 2. The smallest absolute Gasteiger partial charge is 0.270 e. The Morgan fingerprint density at radius 3 is 2.85 bits per heavy atom. The molecule has 1 aromatic carbocycles. The Morgan fingerprint density at radius 1 is 1.37 bits per heavy atom. The number of hydrogen-bond acceptors (Lipinski definition) is 5. The van der Waals surface area contributed by atoms with E-state index in [1.165, 1.54) is 12.1 Å². The lowest BCUT2D eigenvalue weighted by Gasteiger charge is -2.37. The fourth-order valence-corrected chi connectivity index (χ4v) is 4.22. The van der Waals surface area contributed by atoms with E-state index < -0.39 is 10.8 Å². The Morgan fingerprint density at radius 2 is 2.15 bits per heavy atom. The number of nitrogens with one attached hydrogen (secondary N) is 1. The van der Waals surface area contributed by atoms with Crippen LogP contribution in [0.25, 0.3) is 0 Å². The van der Waals surface area contributed by atoms with E-state index in [1.54, 1.807) is 6.07 Å². The van der Waals surface area contributed by atoms with Gasteiger partial charge in [0, 0.05) is 48.8 Å². The number of nitro benzene ring substituents is 1. The molecule has 1 heterocycles. The minimum atomic E-state index is -0.561. The van der Waals surface area contributed by atoms with E-state index in [0.717, 1.165) is 32.1 Å². The van der Waals surface area contributed by atoms with E-state index in [4.69, 9.17) is 5.41 Å². The SMILES string of the molecule is CCCC(=N)CC1CCCCN1C(=O)C1CC(=O)c2cc([N+](=O)[O-])ccc21. The molecule has 1 N–H and O–H groups in total. The normalized spacial score (nSPS) is 21.8. The average molecular weight is 371 g/mol. The number of carbonyl (C=O) groups is 2. The van der Waals surface area contributed by atoms with Gasteiger partial charge in [-0.05, 0) is 31.2 Å². The highest BCUT2D eigenvalue weighted by atomic mass is 16.6. The van der Waals surface area contributed by atoms with Crippen LogP contribution in [0.3, 0.4) is 0 Å². The van der Waals surface area contributed by atoms with Crippen LogP contribution in [-0.4, -0.2) is 39.8 Å². The van der Waals surface area contributed by atoms with Crippen LogP contribution < -0.4 is 0 Å². The highest BCUT2D eigenvalue weighted by Crippen LogP contribution is 2.37. The van der Waals surface area contributed by atoms with Crippen molar-refractivity contribution in [3.8, 4) is 0 Å². The van der Waals surface area contributed by atoms with E-state index in [0.29, 0.717) is 29.8 Å². The number of benzene rings is 1. The van der Waals surface area contributed by atoms with Gasteiger partial charge in [-0.2, -0.15) is 0 Å². The third-order valence-electron chi connectivity index (χ3n) is 5.56. The van der Waals surface area contributed by atoms with Crippen molar-refractivity contribution in [3.05, 3.63) is 39.4 Å². The largest absolute Gasteiger partial charge is 0.339 e. The second-order valence-corrected chi connectivity index (χ2v) is 7.45. The molecule has 1 aliphatic carbocycles. The standard InChI is InChI=1S/C20H25N3O4/c1-2-5-13(21)10-14-6-3-4-9-22(14)20(25)18-12-19(24)17-11-15(23(26)27)7-8-16(17)18/h7-8,11,14,18,21H,2-6,9-10,12H2,1H3. The Bertz CT molecular complexity index is 789. The summed E-state index contributed by atoms with van der Waals surface area (Å²) in [5.41, 5.74) is 1.44. The molecule has 27 heavy (non-hydrogen) atoms. The molecular weight excluding hydrogens is 346 g/mol. The first-order chi connectivity index (χ1) is 12.9. The third kappa shape index (κ3) is 3.91. The van der Waals surface area contributed by atoms with Gasteiger partial charge in [0.25, 0.3) is 5.69 Å². The quantitative estimate of drug-likeness (QED) is 0.466. The van der Waals surface area contributed by atoms with Crippen molar-refractivity contribution in [2.24, 2.45) is 0 Å². The Labute approximate surface area is 158 Å². The lowest BCUT2D eigenvalue weighted by molar-refractivity contribution is -0.384. The van der Waals surface area contributed by atoms with Crippen molar-refractivity contribution in [1.82, 2.24) is 4.90 Å². The molecule has 2 unspecified atom stereocenters. The molecule has 1 saturated heterocycles. The number of nitro groups is 1. The Hall–Kier alpha value is -2.57. The van der Waals surface area contributed by atoms with Crippen molar-refractivity contribution in [3.63, 3.8) is 0 Å². The van der Waals surface area contributed by atoms with Gasteiger partial charge in [-0.1, -0.05) is 19.4 Å². The first-order valence-corrected chi connectivity index (χ1v) is 9.60. The van der Waals surface area contributed by atoms with Gasteiger partial charge in [0.1, 0.15) is 0 Å². The molecule has 0 bridgehead atoms. The minimum absolute atomic E-state index is 0.0162. The van der Waals surface area contributed by atoms with Crippen LogP contribution in [0.15, 0.2) is 18.2 Å². The summed E-state index contributed by atoms with van der Waals surface area (Å²) in [7, 11) is 0. The summed E-state index contributed by atoms with van der Waals surface area (Å²) in [5, 5.41) is 19.1. The number of hydrogen-bond donors (Lipinski definition) is 1. The minimum Gasteiger partial charge on any atom is -0.339 e. The molecule has 7 nitrogen and oxygen atoms in total. The van der Waals surface area contributed by atoms with Crippen LogP contribution in [0.5, 0.6) is 0 Å². The van der Waals surface area contributed by atoms with Crippen molar-refractivity contribution in [1.29, 1.82) is 5.41 Å². The zero-order chi connectivity index (χ0) is 19.6. The Kier molecular flexibility index (Phi) is 5.68. The summed E-state index contributed by atoms with van der Waals surface area (Å²) < 4.78 is 0. The van der Waals surface area contributed by atoms with Crippen LogP contribution >= 0.6 is 0 Å². The number of ketones is 1. The predicted molar refractivity (Wildman–Crippen MR) is 101 cm³/mol. The first-order valence-electron chi connectivity index (χ1n) is 9.60. The second kappa shape index (κ2) is 7.98. The van der Waals surface area contributed by atoms with Gasteiger partial charge in [-0.25, -0.2) is 0 Å². The van der Waals surface area contributed by atoms with Crippen LogP contribution in [0.1, 0.15) is 73.7 Å². The molecule has 1 fully saturated rings. The number of amides is 1. The molecular formula is C20H25N3O4. The number of likely N-dealkylation sites (tertiary alicyclic amines) is 1. The average Bonchev–Trinajstić information content (AvgIpc) is 2.98. The van der Waals surface area contributed by atoms with Crippen molar-refractivity contribution < 1.29 is 14.5 Å². The summed E-state index contributed by atoms with van der Waals surface area (Å²) in [5.74, 6) is -0.849. The van der Waals surface area contributed by atoms with Crippen molar-refractivity contribution in [2.75, 3.05) is 6.54 Å². The molecule has 2 atom stereocenters. The molecule has 0 radical (unpaired) electrons. The summed E-state index contributed by atoms with van der Waals surface area (Å²) in [6.07, 6.45) is 5.18. The van der Waals surface area contributed by atoms with E-state index in [2.05, 4.69) is 0 Å². The fraction of sp³-hybridized carbons (Fsp3) is 0.550. The lowest BCUT2D eigenvalue weighted by Crippen LogP contribution is -2.46. The van der Waals surface area contributed by atoms with Crippen LogP contribution in [-0.2, 0) is 4.79 Å². The second-order valence-electron chi connectivity index (χ2n) is 7.45. The van der Waals surface area contributed by atoms with Crippen LogP contribution in [0.2, 0.25) is 0 Å². The molecule has 1 amide bonds. The highest BCUT2D eigenvalue weighted by Gasteiger charge is 2.39. The van der Waals surface area contributed by atoms with Crippen LogP contribution in [0, 0.1) is 15.5 Å². The molecule has 0 aromatic heterocycles. The summed E-state index contributed by atoms with van der Waals surface area (Å²) in [6.45, 7) is 2.69.